The molecular weight excluding hydrogens is 202 g/mol. The molecule has 0 saturated heterocycles. The molecule has 0 radical (unpaired) electrons. The molecule has 0 fully saturated rings. The number of hydrogen-bond donors (Lipinski definition) is 1. The molecule has 2 unspecified atom stereocenters. The van der Waals surface area contributed by atoms with Gasteiger partial charge in [0.2, 0.25) is 0 Å². The monoisotopic (exact) mass is 225 g/mol. The minimum absolute atomic E-state index is 0.314. The maximum Gasteiger partial charge on any atom is 0.0641 e. The Balaban J connectivity index is 2.63. The van der Waals surface area contributed by atoms with Gasteiger partial charge >= 0.3 is 0 Å². The summed E-state index contributed by atoms with van der Waals surface area (Å²) in [4.78, 5) is 0. The number of nitrogens with zero attached hydrogens (tertiary/aromatic N) is 2. The first-order chi connectivity index (χ1) is 7.58. The summed E-state index contributed by atoms with van der Waals surface area (Å²) in [5.74, 6) is 0. The lowest BCUT2D eigenvalue weighted by Crippen LogP contribution is -2.34. The molecule has 1 aromatic heterocycles. The predicted octanol–water partition coefficient (Wildman–Crippen LogP) is 1.80. The highest BCUT2D eigenvalue weighted by atomic mass is 16.5. The number of ether oxygens (including phenoxy) is 1. The highest BCUT2D eigenvalue weighted by molar-refractivity contribution is 5.19. The van der Waals surface area contributed by atoms with Gasteiger partial charge in [0, 0.05) is 38.0 Å². The minimum atomic E-state index is 0.314. The molecule has 1 rings (SSSR count). The fourth-order valence-electron chi connectivity index (χ4n) is 1.97. The van der Waals surface area contributed by atoms with Gasteiger partial charge in [-0.2, -0.15) is 5.10 Å². The van der Waals surface area contributed by atoms with Gasteiger partial charge in [0.05, 0.1) is 12.3 Å². The summed E-state index contributed by atoms with van der Waals surface area (Å²) in [5.41, 5.74) is 2.35. The highest BCUT2D eigenvalue weighted by Gasteiger charge is 2.15. The van der Waals surface area contributed by atoms with Crippen molar-refractivity contribution in [2.75, 3.05) is 13.7 Å². The summed E-state index contributed by atoms with van der Waals surface area (Å²) >= 11 is 0. The van der Waals surface area contributed by atoms with Gasteiger partial charge in [0.25, 0.3) is 0 Å². The standard InChI is InChI=1S/C12H23N3O/c1-6-11(8-16-5)13-9(2)12-7-15(4)14-10(12)3/h7,9,11,13H,6,8H2,1-5H3. The largest absolute Gasteiger partial charge is 0.383 e. The summed E-state index contributed by atoms with van der Waals surface area (Å²) < 4.78 is 7.04. The van der Waals surface area contributed by atoms with Crippen LogP contribution in [0.4, 0.5) is 0 Å². The Bertz CT molecular complexity index is 322. The molecule has 0 aliphatic heterocycles. The van der Waals surface area contributed by atoms with E-state index in [0.29, 0.717) is 12.1 Å². The van der Waals surface area contributed by atoms with E-state index in [9.17, 15) is 0 Å². The van der Waals surface area contributed by atoms with Crippen LogP contribution in [0.3, 0.4) is 0 Å². The van der Waals surface area contributed by atoms with E-state index < -0.39 is 0 Å². The summed E-state index contributed by atoms with van der Waals surface area (Å²) in [6.07, 6.45) is 3.14. The number of rotatable bonds is 6. The normalized spacial score (nSPS) is 15.1. The van der Waals surface area contributed by atoms with Crippen LogP contribution in [0.1, 0.15) is 37.6 Å². The van der Waals surface area contributed by atoms with Crippen molar-refractivity contribution in [3.8, 4) is 0 Å². The van der Waals surface area contributed by atoms with Crippen LogP contribution in [0.2, 0.25) is 0 Å². The van der Waals surface area contributed by atoms with Crippen LogP contribution in [0.5, 0.6) is 0 Å². The minimum Gasteiger partial charge on any atom is -0.383 e. The Hall–Kier alpha value is -0.870. The van der Waals surface area contributed by atoms with E-state index in [0.717, 1.165) is 18.7 Å². The molecule has 1 heterocycles. The lowest BCUT2D eigenvalue weighted by Gasteiger charge is -2.21. The summed E-state index contributed by atoms with van der Waals surface area (Å²) in [5, 5.41) is 7.92. The predicted molar refractivity (Wildman–Crippen MR) is 65.5 cm³/mol. The Morgan fingerprint density at radius 2 is 2.25 bits per heavy atom. The van der Waals surface area contributed by atoms with Gasteiger partial charge in [-0.15, -0.1) is 0 Å². The number of hydrogen-bond acceptors (Lipinski definition) is 3. The number of methoxy groups -OCH3 is 1. The van der Waals surface area contributed by atoms with Crippen LogP contribution < -0.4 is 5.32 Å². The molecular formula is C12H23N3O. The smallest absolute Gasteiger partial charge is 0.0641 e. The van der Waals surface area contributed by atoms with Gasteiger partial charge in [-0.3, -0.25) is 4.68 Å². The van der Waals surface area contributed by atoms with E-state index in [4.69, 9.17) is 4.74 Å². The topological polar surface area (TPSA) is 39.1 Å². The van der Waals surface area contributed by atoms with Crippen LogP contribution in [0.15, 0.2) is 6.20 Å². The van der Waals surface area contributed by atoms with Gasteiger partial charge < -0.3 is 10.1 Å². The summed E-state index contributed by atoms with van der Waals surface area (Å²) in [6.45, 7) is 7.13. The maximum atomic E-state index is 5.18. The van der Waals surface area contributed by atoms with Crippen molar-refractivity contribution in [2.24, 2.45) is 7.05 Å². The van der Waals surface area contributed by atoms with Crippen LogP contribution in [-0.4, -0.2) is 29.5 Å². The first-order valence-electron chi connectivity index (χ1n) is 5.83. The van der Waals surface area contributed by atoms with E-state index >= 15 is 0 Å². The lowest BCUT2D eigenvalue weighted by molar-refractivity contribution is 0.159. The first-order valence-corrected chi connectivity index (χ1v) is 5.83. The van der Waals surface area contributed by atoms with Gasteiger partial charge in [-0.05, 0) is 20.3 Å². The zero-order chi connectivity index (χ0) is 12.1. The number of nitrogens with one attached hydrogen (secondary N) is 1. The molecule has 0 bridgehead atoms. The van der Waals surface area contributed by atoms with Crippen molar-refractivity contribution < 1.29 is 4.74 Å². The zero-order valence-electron chi connectivity index (χ0n) is 10.9. The molecule has 0 aliphatic carbocycles. The van der Waals surface area contributed by atoms with Gasteiger partial charge in [-0.1, -0.05) is 6.92 Å². The molecule has 0 amide bonds. The molecule has 1 N–H and O–H groups in total. The van der Waals surface area contributed by atoms with Crippen LogP contribution in [0.25, 0.3) is 0 Å². The third-order valence-electron chi connectivity index (χ3n) is 2.86. The van der Waals surface area contributed by atoms with Crippen molar-refractivity contribution in [3.05, 3.63) is 17.5 Å². The van der Waals surface area contributed by atoms with Gasteiger partial charge in [-0.25, -0.2) is 0 Å². The molecule has 92 valence electrons. The highest BCUT2D eigenvalue weighted by Crippen LogP contribution is 2.16. The van der Waals surface area contributed by atoms with Crippen molar-refractivity contribution in [1.82, 2.24) is 15.1 Å². The molecule has 4 nitrogen and oxygen atoms in total. The van der Waals surface area contributed by atoms with E-state index in [1.54, 1.807) is 7.11 Å². The van der Waals surface area contributed by atoms with Crippen molar-refractivity contribution in [2.45, 2.75) is 39.3 Å². The van der Waals surface area contributed by atoms with E-state index in [1.807, 2.05) is 18.7 Å². The fourth-order valence-corrected chi connectivity index (χ4v) is 1.97. The molecule has 0 aliphatic rings. The van der Waals surface area contributed by atoms with Crippen molar-refractivity contribution in [3.63, 3.8) is 0 Å². The fraction of sp³-hybridized carbons (Fsp3) is 0.750. The summed E-state index contributed by atoms with van der Waals surface area (Å²) in [7, 11) is 3.69. The van der Waals surface area contributed by atoms with E-state index in [2.05, 4.69) is 30.5 Å². The Kier molecular flexibility index (Phi) is 4.96. The van der Waals surface area contributed by atoms with E-state index in [-0.39, 0.29) is 0 Å². The Morgan fingerprint density at radius 1 is 1.56 bits per heavy atom. The average Bonchev–Trinajstić information content (AvgIpc) is 2.57. The maximum absolute atomic E-state index is 5.18. The molecule has 16 heavy (non-hydrogen) atoms. The second-order valence-electron chi connectivity index (χ2n) is 4.29. The SMILES string of the molecule is CCC(COC)NC(C)c1cn(C)nc1C. The second-order valence-corrected chi connectivity index (χ2v) is 4.29. The third-order valence-corrected chi connectivity index (χ3v) is 2.86. The van der Waals surface area contributed by atoms with Gasteiger partial charge in [0.15, 0.2) is 0 Å². The molecule has 0 saturated carbocycles. The lowest BCUT2D eigenvalue weighted by atomic mass is 10.1. The Labute approximate surface area is 98.0 Å². The second kappa shape index (κ2) is 6.01. The number of aryl methyl sites for hydroxylation is 2. The van der Waals surface area contributed by atoms with Crippen LogP contribution >= 0.6 is 0 Å². The molecule has 0 aromatic carbocycles. The van der Waals surface area contributed by atoms with Crippen LogP contribution in [-0.2, 0) is 11.8 Å². The Morgan fingerprint density at radius 3 is 2.69 bits per heavy atom. The zero-order valence-corrected chi connectivity index (χ0v) is 10.9. The van der Waals surface area contributed by atoms with Crippen molar-refractivity contribution >= 4 is 0 Å². The summed E-state index contributed by atoms with van der Waals surface area (Å²) in [6, 6.07) is 0.716. The first kappa shape index (κ1) is 13.2. The van der Waals surface area contributed by atoms with Gasteiger partial charge in [0.1, 0.15) is 0 Å². The number of aromatic nitrogens is 2. The van der Waals surface area contributed by atoms with E-state index in [1.165, 1.54) is 5.56 Å². The molecule has 2 atom stereocenters. The molecule has 4 heteroatoms. The molecule has 0 spiro atoms. The average molecular weight is 225 g/mol. The third kappa shape index (κ3) is 3.32. The quantitative estimate of drug-likeness (QED) is 0.802. The molecule has 1 aromatic rings. The van der Waals surface area contributed by atoms with Crippen molar-refractivity contribution in [1.29, 1.82) is 0 Å². The van der Waals surface area contributed by atoms with Crippen LogP contribution in [0, 0.1) is 6.92 Å².